The van der Waals surface area contributed by atoms with Crippen LogP contribution in [-0.4, -0.2) is 44.7 Å². The Hall–Kier alpha value is -2.65. The van der Waals surface area contributed by atoms with E-state index in [1.54, 1.807) is 6.07 Å². The summed E-state index contributed by atoms with van der Waals surface area (Å²) < 4.78 is 25.3. The van der Waals surface area contributed by atoms with Crippen molar-refractivity contribution in [1.29, 1.82) is 0 Å². The lowest BCUT2D eigenvalue weighted by molar-refractivity contribution is 0.102. The standard InChI is InChI=1S/C15H12ClN5O3S/c1-2-25(23,24)12-7-10(6-11(16)8-12)13(22)14-19-9-20-21(14)15-17-4-3-5-18-15/h3-9H,2H2,1H3. The fourth-order valence-corrected chi connectivity index (χ4v) is 3.36. The fraction of sp³-hybridized carbons (Fsp3) is 0.133. The zero-order chi connectivity index (χ0) is 18.0. The second-order valence-electron chi connectivity index (χ2n) is 4.95. The first-order chi connectivity index (χ1) is 11.9. The molecule has 2 heterocycles. The molecule has 0 atom stereocenters. The van der Waals surface area contributed by atoms with Crippen molar-refractivity contribution in [3.05, 3.63) is 59.4 Å². The van der Waals surface area contributed by atoms with Gasteiger partial charge in [-0.25, -0.2) is 23.4 Å². The Morgan fingerprint density at radius 1 is 1.16 bits per heavy atom. The maximum atomic E-state index is 12.8. The normalized spacial score (nSPS) is 11.4. The number of carbonyl (C=O) groups excluding carboxylic acids is 1. The lowest BCUT2D eigenvalue weighted by Crippen LogP contribution is -2.14. The van der Waals surface area contributed by atoms with Crippen LogP contribution < -0.4 is 0 Å². The number of benzene rings is 1. The molecule has 0 saturated carbocycles. The Balaban J connectivity index is 2.08. The number of rotatable bonds is 5. The molecular weight excluding hydrogens is 366 g/mol. The molecule has 25 heavy (non-hydrogen) atoms. The van der Waals surface area contributed by atoms with Gasteiger partial charge in [-0.2, -0.15) is 9.78 Å². The molecule has 0 amide bonds. The van der Waals surface area contributed by atoms with Crippen LogP contribution in [0.5, 0.6) is 0 Å². The van der Waals surface area contributed by atoms with Gasteiger partial charge in [-0.1, -0.05) is 18.5 Å². The summed E-state index contributed by atoms with van der Waals surface area (Å²) in [4.78, 5) is 24.8. The second kappa shape index (κ2) is 6.69. The summed E-state index contributed by atoms with van der Waals surface area (Å²) in [6, 6.07) is 5.59. The third-order valence-electron chi connectivity index (χ3n) is 3.37. The molecule has 0 unspecified atom stereocenters. The molecule has 10 heteroatoms. The zero-order valence-corrected chi connectivity index (χ0v) is 14.6. The second-order valence-corrected chi connectivity index (χ2v) is 7.67. The summed E-state index contributed by atoms with van der Waals surface area (Å²) in [5.41, 5.74) is 0.0877. The van der Waals surface area contributed by atoms with E-state index in [1.165, 1.54) is 48.5 Å². The van der Waals surface area contributed by atoms with Crippen molar-refractivity contribution in [3.8, 4) is 5.95 Å². The van der Waals surface area contributed by atoms with Crippen LogP contribution in [0.25, 0.3) is 5.95 Å². The number of halogens is 1. The van der Waals surface area contributed by atoms with Crippen LogP contribution >= 0.6 is 11.6 Å². The summed E-state index contributed by atoms with van der Waals surface area (Å²) in [6.07, 6.45) is 4.20. The van der Waals surface area contributed by atoms with Crippen LogP contribution in [0.3, 0.4) is 0 Å². The largest absolute Gasteiger partial charge is 0.285 e. The molecule has 128 valence electrons. The molecule has 0 saturated heterocycles. The Labute approximate surface area is 148 Å². The van der Waals surface area contributed by atoms with E-state index in [0.717, 1.165) is 0 Å². The number of hydrogen-bond donors (Lipinski definition) is 0. The lowest BCUT2D eigenvalue weighted by Gasteiger charge is -2.07. The Morgan fingerprint density at radius 2 is 1.88 bits per heavy atom. The van der Waals surface area contributed by atoms with Crippen molar-refractivity contribution in [2.24, 2.45) is 0 Å². The predicted octanol–water partition coefficient (Wildman–Crippen LogP) is 1.74. The van der Waals surface area contributed by atoms with Crippen molar-refractivity contribution in [3.63, 3.8) is 0 Å². The number of sulfone groups is 1. The molecule has 2 aromatic heterocycles. The van der Waals surface area contributed by atoms with Crippen molar-refractivity contribution >= 4 is 27.2 Å². The Morgan fingerprint density at radius 3 is 2.56 bits per heavy atom. The molecule has 0 N–H and O–H groups in total. The first-order valence-electron chi connectivity index (χ1n) is 7.18. The van der Waals surface area contributed by atoms with E-state index in [9.17, 15) is 13.2 Å². The van der Waals surface area contributed by atoms with Crippen molar-refractivity contribution in [2.45, 2.75) is 11.8 Å². The first kappa shape index (κ1) is 17.2. The smallest absolute Gasteiger partial charge is 0.252 e. The van der Waals surface area contributed by atoms with Gasteiger partial charge in [0.1, 0.15) is 6.33 Å². The van der Waals surface area contributed by atoms with E-state index < -0.39 is 15.6 Å². The Kier molecular flexibility index (Phi) is 4.60. The summed E-state index contributed by atoms with van der Waals surface area (Å²) >= 11 is 5.99. The molecule has 0 bridgehead atoms. The molecule has 0 spiro atoms. The van der Waals surface area contributed by atoms with Crippen LogP contribution in [0.4, 0.5) is 0 Å². The molecule has 0 aliphatic carbocycles. The number of hydrogen-bond acceptors (Lipinski definition) is 7. The van der Waals surface area contributed by atoms with E-state index in [-0.39, 0.29) is 33.0 Å². The lowest BCUT2D eigenvalue weighted by atomic mass is 10.1. The molecule has 0 fully saturated rings. The quantitative estimate of drug-likeness (QED) is 0.623. The zero-order valence-electron chi connectivity index (χ0n) is 13.0. The topological polar surface area (TPSA) is 108 Å². The van der Waals surface area contributed by atoms with E-state index in [0.29, 0.717) is 0 Å². The number of aromatic nitrogens is 5. The molecule has 0 radical (unpaired) electrons. The summed E-state index contributed by atoms with van der Waals surface area (Å²) in [5, 5.41) is 4.09. The SMILES string of the molecule is CCS(=O)(=O)c1cc(Cl)cc(C(=O)c2ncnn2-c2ncccn2)c1. The first-order valence-corrected chi connectivity index (χ1v) is 9.21. The number of nitrogens with zero attached hydrogens (tertiary/aromatic N) is 5. The van der Waals surface area contributed by atoms with Gasteiger partial charge in [-0.15, -0.1) is 0 Å². The highest BCUT2D eigenvalue weighted by Crippen LogP contribution is 2.22. The third-order valence-corrected chi connectivity index (χ3v) is 5.30. The van der Waals surface area contributed by atoms with Gasteiger partial charge in [0.25, 0.3) is 5.95 Å². The van der Waals surface area contributed by atoms with Crippen LogP contribution in [0.15, 0.2) is 47.9 Å². The van der Waals surface area contributed by atoms with E-state index in [2.05, 4.69) is 20.1 Å². The summed E-state index contributed by atoms with van der Waals surface area (Å²) in [5.74, 6) is -0.519. The van der Waals surface area contributed by atoms with Gasteiger partial charge in [0.05, 0.1) is 10.6 Å². The van der Waals surface area contributed by atoms with Crippen molar-refractivity contribution in [2.75, 3.05) is 5.75 Å². The van der Waals surface area contributed by atoms with Crippen LogP contribution in [0, 0.1) is 0 Å². The van der Waals surface area contributed by atoms with E-state index in [1.807, 2.05) is 0 Å². The van der Waals surface area contributed by atoms with Gasteiger partial charge in [0.15, 0.2) is 9.84 Å². The van der Waals surface area contributed by atoms with Gasteiger partial charge in [0, 0.05) is 23.0 Å². The molecule has 3 rings (SSSR count). The number of ketones is 1. The monoisotopic (exact) mass is 377 g/mol. The highest BCUT2D eigenvalue weighted by atomic mass is 35.5. The molecule has 8 nitrogen and oxygen atoms in total. The minimum absolute atomic E-state index is 0.0205. The number of carbonyl (C=O) groups is 1. The van der Waals surface area contributed by atoms with Crippen LogP contribution in [0.1, 0.15) is 23.1 Å². The molecule has 0 aliphatic rings. The van der Waals surface area contributed by atoms with Gasteiger partial charge in [0.2, 0.25) is 11.6 Å². The van der Waals surface area contributed by atoms with Crippen molar-refractivity contribution in [1.82, 2.24) is 24.7 Å². The van der Waals surface area contributed by atoms with Gasteiger partial charge in [-0.05, 0) is 24.3 Å². The average molecular weight is 378 g/mol. The summed E-state index contributed by atoms with van der Waals surface area (Å²) in [6.45, 7) is 1.51. The Bertz CT molecular complexity index is 1030. The van der Waals surface area contributed by atoms with Crippen molar-refractivity contribution < 1.29 is 13.2 Å². The van der Waals surface area contributed by atoms with Gasteiger partial charge in [-0.3, -0.25) is 4.79 Å². The molecule has 3 aromatic rings. The highest BCUT2D eigenvalue weighted by Gasteiger charge is 2.22. The van der Waals surface area contributed by atoms with Gasteiger partial charge >= 0.3 is 0 Å². The minimum atomic E-state index is -3.51. The van der Waals surface area contributed by atoms with E-state index >= 15 is 0 Å². The predicted molar refractivity (Wildman–Crippen MR) is 89.6 cm³/mol. The maximum Gasteiger partial charge on any atom is 0.252 e. The van der Waals surface area contributed by atoms with Gasteiger partial charge < -0.3 is 0 Å². The average Bonchev–Trinajstić information content (AvgIpc) is 3.11. The highest BCUT2D eigenvalue weighted by molar-refractivity contribution is 7.91. The van der Waals surface area contributed by atoms with Crippen LogP contribution in [-0.2, 0) is 9.84 Å². The molecule has 0 aliphatic heterocycles. The summed E-state index contributed by atoms with van der Waals surface area (Å²) in [7, 11) is -3.51. The fourth-order valence-electron chi connectivity index (χ4n) is 2.11. The molecule has 1 aromatic carbocycles. The van der Waals surface area contributed by atoms with E-state index in [4.69, 9.17) is 11.6 Å². The molecular formula is C15H12ClN5O3S. The third kappa shape index (κ3) is 3.42. The maximum absolute atomic E-state index is 12.8. The van der Waals surface area contributed by atoms with Crippen LogP contribution in [0.2, 0.25) is 5.02 Å². The minimum Gasteiger partial charge on any atom is -0.285 e.